The number of esters is 1. The summed E-state index contributed by atoms with van der Waals surface area (Å²) in [5.74, 6) is -2.03. The lowest BCUT2D eigenvalue weighted by Crippen LogP contribution is -2.47. The van der Waals surface area contributed by atoms with E-state index in [4.69, 9.17) is 0 Å². The SMILES string of the molecule is CC=CC=CC=CC(=O)[C@@]1(O)C(=O)OC[C@H]1C. The number of hydrogen-bond donors (Lipinski definition) is 1. The molecule has 1 N–H and O–H groups in total. The summed E-state index contributed by atoms with van der Waals surface area (Å²) in [5.41, 5.74) is -2.02. The molecule has 0 saturated carbocycles. The molecule has 2 atom stereocenters. The van der Waals surface area contributed by atoms with Crippen molar-refractivity contribution in [2.24, 2.45) is 5.92 Å². The van der Waals surface area contributed by atoms with Gasteiger partial charge in [0.15, 0.2) is 5.78 Å². The van der Waals surface area contributed by atoms with Crippen LogP contribution in [-0.4, -0.2) is 29.1 Å². The van der Waals surface area contributed by atoms with Crippen molar-refractivity contribution in [1.82, 2.24) is 0 Å². The van der Waals surface area contributed by atoms with E-state index in [1.807, 2.05) is 13.0 Å². The van der Waals surface area contributed by atoms with Crippen LogP contribution in [-0.2, 0) is 14.3 Å². The van der Waals surface area contributed by atoms with Crippen LogP contribution in [0, 0.1) is 5.92 Å². The number of ether oxygens (including phenoxy) is 1. The summed E-state index contributed by atoms with van der Waals surface area (Å²) in [6, 6.07) is 0. The van der Waals surface area contributed by atoms with E-state index in [-0.39, 0.29) is 6.61 Å². The fourth-order valence-corrected chi connectivity index (χ4v) is 1.49. The molecule has 0 aromatic heterocycles. The van der Waals surface area contributed by atoms with Crippen LogP contribution in [0.1, 0.15) is 13.8 Å². The van der Waals surface area contributed by atoms with Crippen LogP contribution >= 0.6 is 0 Å². The summed E-state index contributed by atoms with van der Waals surface area (Å²) in [7, 11) is 0. The van der Waals surface area contributed by atoms with Gasteiger partial charge in [0.05, 0.1) is 6.61 Å². The highest BCUT2D eigenvalue weighted by molar-refractivity contribution is 6.13. The van der Waals surface area contributed by atoms with Gasteiger partial charge in [-0.05, 0) is 13.0 Å². The van der Waals surface area contributed by atoms with Gasteiger partial charge >= 0.3 is 5.97 Å². The standard InChI is InChI=1S/C13H16O4/c1-3-4-5-6-7-8-11(14)13(16)10(2)9-17-12(13)15/h3-8,10,16H,9H2,1-2H3/t10-,13-/m1/s1. The Labute approximate surface area is 100 Å². The fourth-order valence-electron chi connectivity index (χ4n) is 1.49. The van der Waals surface area contributed by atoms with E-state index < -0.39 is 23.3 Å². The summed E-state index contributed by atoms with van der Waals surface area (Å²) in [6.45, 7) is 3.55. The third-order valence-corrected chi connectivity index (χ3v) is 2.64. The van der Waals surface area contributed by atoms with Crippen LogP contribution in [0.4, 0.5) is 0 Å². The first-order valence-electron chi connectivity index (χ1n) is 5.43. The lowest BCUT2D eigenvalue weighted by atomic mass is 9.87. The van der Waals surface area contributed by atoms with Crippen molar-refractivity contribution >= 4 is 11.8 Å². The molecule has 1 aliphatic rings. The van der Waals surface area contributed by atoms with Gasteiger partial charge in [-0.3, -0.25) is 4.79 Å². The van der Waals surface area contributed by atoms with Crippen LogP contribution in [0.2, 0.25) is 0 Å². The monoisotopic (exact) mass is 236 g/mol. The lowest BCUT2D eigenvalue weighted by molar-refractivity contribution is -0.159. The van der Waals surface area contributed by atoms with E-state index in [1.54, 1.807) is 25.2 Å². The highest BCUT2D eigenvalue weighted by Gasteiger charge is 2.53. The molecule has 0 radical (unpaired) electrons. The van der Waals surface area contributed by atoms with Crippen molar-refractivity contribution in [3.63, 3.8) is 0 Å². The third-order valence-electron chi connectivity index (χ3n) is 2.64. The van der Waals surface area contributed by atoms with Crippen molar-refractivity contribution in [1.29, 1.82) is 0 Å². The summed E-state index contributed by atoms with van der Waals surface area (Å²) < 4.78 is 4.67. The zero-order valence-corrected chi connectivity index (χ0v) is 9.92. The molecule has 0 aromatic carbocycles. The highest BCUT2D eigenvalue weighted by Crippen LogP contribution is 2.27. The minimum Gasteiger partial charge on any atom is -0.463 e. The molecule has 4 heteroatoms. The van der Waals surface area contributed by atoms with Gasteiger partial charge in [-0.15, -0.1) is 0 Å². The zero-order chi connectivity index (χ0) is 12.9. The average Bonchev–Trinajstić information content (AvgIpc) is 2.57. The molecular formula is C13H16O4. The molecule has 4 nitrogen and oxygen atoms in total. The molecule has 17 heavy (non-hydrogen) atoms. The van der Waals surface area contributed by atoms with Gasteiger partial charge in [0.1, 0.15) is 0 Å². The molecule has 92 valence electrons. The molecule has 1 saturated heterocycles. The largest absolute Gasteiger partial charge is 0.463 e. The molecule has 0 amide bonds. The van der Waals surface area contributed by atoms with Crippen LogP contribution in [0.3, 0.4) is 0 Å². The predicted octanol–water partition coefficient (Wildman–Crippen LogP) is 1.17. The number of hydrogen-bond acceptors (Lipinski definition) is 4. The Morgan fingerprint density at radius 1 is 1.41 bits per heavy atom. The second-order valence-electron chi connectivity index (χ2n) is 3.90. The number of rotatable bonds is 4. The topological polar surface area (TPSA) is 63.6 Å². The van der Waals surface area contributed by atoms with Gasteiger partial charge in [0.25, 0.3) is 0 Å². The zero-order valence-electron chi connectivity index (χ0n) is 9.92. The van der Waals surface area contributed by atoms with Crippen LogP contribution in [0.25, 0.3) is 0 Å². The Morgan fingerprint density at radius 2 is 2.06 bits per heavy atom. The Bertz CT molecular complexity index is 392. The maximum Gasteiger partial charge on any atom is 0.346 e. The van der Waals surface area contributed by atoms with Crippen LogP contribution in [0.5, 0.6) is 0 Å². The maximum atomic E-state index is 11.7. The molecule has 1 rings (SSSR count). The Kier molecular flexibility index (Phi) is 4.40. The molecular weight excluding hydrogens is 220 g/mol. The molecule has 0 unspecified atom stereocenters. The molecule has 1 fully saturated rings. The van der Waals surface area contributed by atoms with Crippen LogP contribution in [0.15, 0.2) is 36.5 Å². The van der Waals surface area contributed by atoms with E-state index in [0.717, 1.165) is 0 Å². The molecule has 0 aromatic rings. The summed E-state index contributed by atoms with van der Waals surface area (Å²) in [4.78, 5) is 23.1. The smallest absolute Gasteiger partial charge is 0.346 e. The molecule has 0 spiro atoms. The van der Waals surface area contributed by atoms with Crippen molar-refractivity contribution in [3.8, 4) is 0 Å². The average molecular weight is 236 g/mol. The first-order valence-corrected chi connectivity index (χ1v) is 5.43. The molecule has 1 aliphatic heterocycles. The number of aliphatic hydroxyl groups is 1. The van der Waals surface area contributed by atoms with Gasteiger partial charge in [0.2, 0.25) is 5.60 Å². The number of ketones is 1. The fraction of sp³-hybridized carbons (Fsp3) is 0.385. The Hall–Kier alpha value is -1.68. The van der Waals surface area contributed by atoms with Crippen molar-refractivity contribution < 1.29 is 19.4 Å². The first kappa shape index (κ1) is 13.4. The predicted molar refractivity (Wildman–Crippen MR) is 63.2 cm³/mol. The van der Waals surface area contributed by atoms with Gasteiger partial charge in [0, 0.05) is 5.92 Å². The van der Waals surface area contributed by atoms with E-state index in [1.165, 1.54) is 12.2 Å². The molecule has 0 aliphatic carbocycles. The second kappa shape index (κ2) is 5.59. The quantitative estimate of drug-likeness (QED) is 0.344. The number of allylic oxidation sites excluding steroid dienone is 5. The highest BCUT2D eigenvalue weighted by atomic mass is 16.6. The van der Waals surface area contributed by atoms with Gasteiger partial charge < -0.3 is 9.84 Å². The Morgan fingerprint density at radius 3 is 2.59 bits per heavy atom. The van der Waals surface area contributed by atoms with E-state index >= 15 is 0 Å². The summed E-state index contributed by atoms with van der Waals surface area (Å²) in [5, 5.41) is 9.99. The van der Waals surface area contributed by atoms with Crippen molar-refractivity contribution in [2.75, 3.05) is 6.61 Å². The van der Waals surface area contributed by atoms with Gasteiger partial charge in [-0.25, -0.2) is 4.79 Å². The maximum absolute atomic E-state index is 11.7. The lowest BCUT2D eigenvalue weighted by Gasteiger charge is -2.18. The Balaban J connectivity index is 2.73. The van der Waals surface area contributed by atoms with Crippen LogP contribution < -0.4 is 0 Å². The van der Waals surface area contributed by atoms with Gasteiger partial charge in [-0.2, -0.15) is 0 Å². The van der Waals surface area contributed by atoms with Gasteiger partial charge in [-0.1, -0.05) is 37.3 Å². The second-order valence-corrected chi connectivity index (χ2v) is 3.90. The molecule has 1 heterocycles. The first-order chi connectivity index (χ1) is 8.03. The number of carbonyl (C=O) groups excluding carboxylic acids is 2. The van der Waals surface area contributed by atoms with E-state index in [2.05, 4.69) is 4.74 Å². The molecule has 0 bridgehead atoms. The number of carbonyl (C=O) groups is 2. The summed E-state index contributed by atoms with van der Waals surface area (Å²) >= 11 is 0. The normalized spacial score (nSPS) is 29.6. The van der Waals surface area contributed by atoms with E-state index in [9.17, 15) is 14.7 Å². The minimum atomic E-state index is -2.02. The van der Waals surface area contributed by atoms with E-state index in [0.29, 0.717) is 0 Å². The number of cyclic esters (lactones) is 1. The summed E-state index contributed by atoms with van der Waals surface area (Å²) in [6.07, 6.45) is 9.70. The van der Waals surface area contributed by atoms with Crippen molar-refractivity contribution in [3.05, 3.63) is 36.5 Å². The minimum absolute atomic E-state index is 0.0727. The van der Waals surface area contributed by atoms with Crippen molar-refractivity contribution in [2.45, 2.75) is 19.4 Å². The third kappa shape index (κ3) is 2.71.